The van der Waals surface area contributed by atoms with E-state index in [1.54, 1.807) is 10.6 Å². The molecule has 26 heavy (non-hydrogen) atoms. The molecule has 2 fully saturated rings. The van der Waals surface area contributed by atoms with Gasteiger partial charge in [0, 0.05) is 31.2 Å². The quantitative estimate of drug-likeness (QED) is 0.876. The van der Waals surface area contributed by atoms with Gasteiger partial charge in [0.1, 0.15) is 11.4 Å². The maximum atomic E-state index is 14.8. The minimum atomic E-state index is -1.29. The third kappa shape index (κ3) is 2.67. The number of aryl methyl sites for hydroxylation is 1. The number of carbonyl (C=O) groups is 1. The summed E-state index contributed by atoms with van der Waals surface area (Å²) in [5, 5.41) is 12.7. The van der Waals surface area contributed by atoms with Gasteiger partial charge in [0.25, 0.3) is 0 Å². The van der Waals surface area contributed by atoms with E-state index in [1.807, 2.05) is 6.92 Å². The number of carboxylic acids is 1. The van der Waals surface area contributed by atoms with E-state index in [0.29, 0.717) is 29.6 Å². The van der Waals surface area contributed by atoms with Crippen LogP contribution in [0, 0.1) is 17.7 Å². The lowest BCUT2D eigenvalue weighted by atomic mass is 9.90. The monoisotopic (exact) mass is 359 g/mol. The van der Waals surface area contributed by atoms with Crippen molar-refractivity contribution >= 4 is 22.6 Å². The molecule has 1 aromatic carbocycles. The molecule has 0 radical (unpaired) electrons. The minimum Gasteiger partial charge on any atom is -0.477 e. The van der Waals surface area contributed by atoms with Crippen molar-refractivity contribution in [1.29, 1.82) is 0 Å². The number of fused-ring (bicyclic) bond motifs is 2. The van der Waals surface area contributed by atoms with Crippen molar-refractivity contribution in [1.82, 2.24) is 9.88 Å². The Kier molecular flexibility index (Phi) is 4.19. The number of nitrogens with one attached hydrogen (secondary N) is 1. The molecule has 7 heteroatoms. The van der Waals surface area contributed by atoms with Gasteiger partial charge in [-0.1, -0.05) is 0 Å². The average Bonchev–Trinajstić information content (AvgIpc) is 3.05. The van der Waals surface area contributed by atoms with Crippen LogP contribution in [0.5, 0.6) is 0 Å². The summed E-state index contributed by atoms with van der Waals surface area (Å²) in [6.45, 7) is 5.94. The van der Waals surface area contributed by atoms with E-state index >= 15 is 0 Å². The van der Waals surface area contributed by atoms with Gasteiger partial charge in [-0.15, -0.1) is 0 Å². The second kappa shape index (κ2) is 6.39. The second-order valence-corrected chi connectivity index (χ2v) is 7.20. The van der Waals surface area contributed by atoms with Crippen LogP contribution in [-0.4, -0.2) is 41.8 Å². The number of rotatable bonds is 3. The van der Waals surface area contributed by atoms with Gasteiger partial charge in [0.15, 0.2) is 0 Å². The van der Waals surface area contributed by atoms with Gasteiger partial charge >= 0.3 is 5.97 Å². The number of hydrogen-bond donors (Lipinski definition) is 2. The summed E-state index contributed by atoms with van der Waals surface area (Å²) in [4.78, 5) is 25.8. The van der Waals surface area contributed by atoms with E-state index in [1.165, 1.54) is 12.3 Å². The van der Waals surface area contributed by atoms with Gasteiger partial charge in [-0.05, 0) is 50.4 Å². The van der Waals surface area contributed by atoms with Gasteiger partial charge < -0.3 is 19.9 Å². The van der Waals surface area contributed by atoms with E-state index in [2.05, 4.69) is 10.2 Å². The molecule has 0 bridgehead atoms. The van der Waals surface area contributed by atoms with Gasteiger partial charge in [-0.3, -0.25) is 4.79 Å². The Hall–Kier alpha value is -2.41. The summed E-state index contributed by atoms with van der Waals surface area (Å²) in [5.74, 6) is -0.679. The molecule has 2 aliphatic rings. The Labute approximate surface area is 150 Å². The fourth-order valence-electron chi connectivity index (χ4n) is 4.32. The SMILES string of the molecule is CCn1cc(C(=O)O)c(=O)c2cc(F)c(N3CC4CCNCC4C3)cc21. The Balaban J connectivity index is 1.83. The standard InChI is InChI=1S/C19H22FN3O3/c1-2-22-10-14(19(25)26)18(24)13-5-15(20)17(6-16(13)22)23-8-11-3-4-21-7-12(11)9-23/h5-6,10-12,21H,2-4,7-9H2,1H3,(H,25,26). The molecule has 2 unspecified atom stereocenters. The highest BCUT2D eigenvalue weighted by molar-refractivity contribution is 5.93. The molecule has 1 aromatic heterocycles. The number of halogens is 1. The molecule has 3 heterocycles. The number of anilines is 1. The summed E-state index contributed by atoms with van der Waals surface area (Å²) < 4.78 is 16.5. The lowest BCUT2D eigenvalue weighted by molar-refractivity contribution is 0.0695. The third-order valence-electron chi connectivity index (χ3n) is 5.74. The van der Waals surface area contributed by atoms with E-state index in [0.717, 1.165) is 32.6 Å². The zero-order chi connectivity index (χ0) is 18.4. The van der Waals surface area contributed by atoms with Crippen molar-refractivity contribution in [3.63, 3.8) is 0 Å². The lowest BCUT2D eigenvalue weighted by Gasteiger charge is -2.23. The first-order valence-electron chi connectivity index (χ1n) is 9.05. The largest absolute Gasteiger partial charge is 0.477 e. The van der Waals surface area contributed by atoms with Crippen LogP contribution in [0.25, 0.3) is 10.9 Å². The molecule has 0 amide bonds. The number of aromatic carboxylic acids is 1. The van der Waals surface area contributed by atoms with Crippen LogP contribution in [0.15, 0.2) is 23.1 Å². The molecule has 0 spiro atoms. The summed E-state index contributed by atoms with van der Waals surface area (Å²) in [6, 6.07) is 2.90. The van der Waals surface area contributed by atoms with Crippen LogP contribution in [0.4, 0.5) is 10.1 Å². The number of benzene rings is 1. The molecule has 0 saturated carbocycles. The van der Waals surface area contributed by atoms with Crippen LogP contribution in [0.1, 0.15) is 23.7 Å². The lowest BCUT2D eigenvalue weighted by Crippen LogP contribution is -2.35. The van der Waals surface area contributed by atoms with Crippen molar-refractivity contribution in [2.45, 2.75) is 19.9 Å². The number of piperidine rings is 1. The number of nitrogens with zero attached hydrogens (tertiary/aromatic N) is 2. The van der Waals surface area contributed by atoms with Gasteiger partial charge in [-0.25, -0.2) is 9.18 Å². The molecule has 2 N–H and O–H groups in total. The van der Waals surface area contributed by atoms with Gasteiger partial charge in [-0.2, -0.15) is 0 Å². The predicted octanol–water partition coefficient (Wildman–Crippen LogP) is 1.90. The smallest absolute Gasteiger partial charge is 0.341 e. The van der Waals surface area contributed by atoms with Crippen molar-refractivity contribution in [2.75, 3.05) is 31.1 Å². The predicted molar refractivity (Wildman–Crippen MR) is 97.5 cm³/mol. The molecule has 138 valence electrons. The fourth-order valence-corrected chi connectivity index (χ4v) is 4.32. The molecule has 0 aliphatic carbocycles. The highest BCUT2D eigenvalue weighted by Crippen LogP contribution is 2.34. The molecular formula is C19H22FN3O3. The number of pyridine rings is 1. The summed E-state index contributed by atoms with van der Waals surface area (Å²) in [5.41, 5.74) is 0.107. The van der Waals surface area contributed by atoms with Gasteiger partial charge in [0.05, 0.1) is 11.2 Å². The number of carboxylic acid groups (broad SMARTS) is 1. The van der Waals surface area contributed by atoms with E-state index in [9.17, 15) is 19.1 Å². The van der Waals surface area contributed by atoms with Crippen LogP contribution in [0.3, 0.4) is 0 Å². The highest BCUT2D eigenvalue weighted by atomic mass is 19.1. The normalized spacial score (nSPS) is 22.6. The van der Waals surface area contributed by atoms with Crippen LogP contribution < -0.4 is 15.6 Å². The Morgan fingerprint density at radius 1 is 1.35 bits per heavy atom. The average molecular weight is 359 g/mol. The van der Waals surface area contributed by atoms with E-state index in [4.69, 9.17) is 0 Å². The molecule has 6 nitrogen and oxygen atoms in total. The summed E-state index contributed by atoms with van der Waals surface area (Å²) in [7, 11) is 0. The molecular weight excluding hydrogens is 337 g/mol. The maximum absolute atomic E-state index is 14.8. The van der Waals surface area contributed by atoms with Crippen molar-refractivity contribution in [3.8, 4) is 0 Å². The first kappa shape index (κ1) is 17.0. The molecule has 4 rings (SSSR count). The van der Waals surface area contributed by atoms with Crippen molar-refractivity contribution < 1.29 is 14.3 Å². The summed E-state index contributed by atoms with van der Waals surface area (Å²) >= 11 is 0. The van der Waals surface area contributed by atoms with Crippen molar-refractivity contribution in [3.05, 3.63) is 39.9 Å². The highest BCUT2D eigenvalue weighted by Gasteiger charge is 2.35. The Morgan fingerprint density at radius 3 is 2.81 bits per heavy atom. The molecule has 2 atom stereocenters. The third-order valence-corrected chi connectivity index (χ3v) is 5.74. The number of hydrogen-bond acceptors (Lipinski definition) is 4. The Morgan fingerprint density at radius 2 is 2.12 bits per heavy atom. The summed E-state index contributed by atoms with van der Waals surface area (Å²) in [6.07, 6.45) is 2.44. The Bertz CT molecular complexity index is 926. The second-order valence-electron chi connectivity index (χ2n) is 7.20. The van der Waals surface area contributed by atoms with Crippen LogP contribution in [-0.2, 0) is 6.54 Å². The van der Waals surface area contributed by atoms with Crippen LogP contribution in [0.2, 0.25) is 0 Å². The van der Waals surface area contributed by atoms with Crippen molar-refractivity contribution in [2.24, 2.45) is 11.8 Å². The van der Waals surface area contributed by atoms with E-state index in [-0.39, 0.29) is 10.9 Å². The first-order chi connectivity index (χ1) is 12.5. The topological polar surface area (TPSA) is 74.6 Å². The first-order valence-corrected chi connectivity index (χ1v) is 9.05. The zero-order valence-electron chi connectivity index (χ0n) is 14.7. The maximum Gasteiger partial charge on any atom is 0.341 e. The fraction of sp³-hybridized carbons (Fsp3) is 0.474. The zero-order valence-corrected chi connectivity index (χ0v) is 14.7. The van der Waals surface area contributed by atoms with E-state index < -0.39 is 17.2 Å². The van der Waals surface area contributed by atoms with Gasteiger partial charge in [0.2, 0.25) is 5.43 Å². The molecule has 2 aliphatic heterocycles. The van der Waals surface area contributed by atoms with Crippen LogP contribution >= 0.6 is 0 Å². The number of aromatic nitrogens is 1. The minimum absolute atomic E-state index is 0.117. The molecule has 2 saturated heterocycles. The molecule has 2 aromatic rings.